The fourth-order valence-electron chi connectivity index (χ4n) is 2.83. The fourth-order valence-corrected chi connectivity index (χ4v) is 3.95. The number of anilines is 1. The van der Waals surface area contributed by atoms with Gasteiger partial charge in [0.05, 0.1) is 4.90 Å². The van der Waals surface area contributed by atoms with E-state index in [-0.39, 0.29) is 10.8 Å². The summed E-state index contributed by atoms with van der Waals surface area (Å²) in [6, 6.07) is 10.1. The molecule has 0 fully saturated rings. The Hall–Kier alpha value is -2.18. The van der Waals surface area contributed by atoms with Gasteiger partial charge in [-0.25, -0.2) is 13.1 Å². The Bertz CT molecular complexity index is 882. The Morgan fingerprint density at radius 1 is 1.04 bits per heavy atom. The summed E-state index contributed by atoms with van der Waals surface area (Å²) in [5.74, 6) is -0.328. The van der Waals surface area contributed by atoms with Crippen LogP contribution in [0.3, 0.4) is 0 Å². The van der Waals surface area contributed by atoms with E-state index in [9.17, 15) is 13.2 Å². The summed E-state index contributed by atoms with van der Waals surface area (Å²) in [4.78, 5) is 12.7. The summed E-state index contributed by atoms with van der Waals surface area (Å²) in [6.45, 7) is 8.26. The number of sulfonamides is 1. The first kappa shape index (κ1) is 20.1. The summed E-state index contributed by atoms with van der Waals surface area (Å²) in [5, 5.41) is 2.90. The van der Waals surface area contributed by atoms with Crippen molar-refractivity contribution >= 4 is 21.6 Å². The minimum absolute atomic E-state index is 0.0959. The molecule has 0 bridgehead atoms. The maximum absolute atomic E-state index is 12.6. The summed E-state index contributed by atoms with van der Waals surface area (Å²) in [6.07, 6.45) is 1.67. The van der Waals surface area contributed by atoms with Gasteiger partial charge in [0.2, 0.25) is 10.0 Å². The van der Waals surface area contributed by atoms with Crippen molar-refractivity contribution in [3.05, 3.63) is 58.7 Å². The first-order valence-electron chi connectivity index (χ1n) is 8.73. The topological polar surface area (TPSA) is 75.3 Å². The molecule has 0 spiro atoms. The minimum Gasteiger partial charge on any atom is -0.322 e. The molecule has 2 N–H and O–H groups in total. The zero-order valence-electron chi connectivity index (χ0n) is 15.7. The Labute approximate surface area is 155 Å². The van der Waals surface area contributed by atoms with Crippen LogP contribution in [0.2, 0.25) is 0 Å². The Balaban J connectivity index is 2.23. The SMILES string of the molecule is CCCCNS(=O)(=O)c1cccc(C(=O)Nc2c(C)cc(C)cc2C)c1. The first-order valence-corrected chi connectivity index (χ1v) is 10.2. The number of amides is 1. The van der Waals surface area contributed by atoms with Crippen molar-refractivity contribution in [3.8, 4) is 0 Å². The molecule has 0 aliphatic heterocycles. The molecule has 2 rings (SSSR count). The maximum Gasteiger partial charge on any atom is 0.255 e. The van der Waals surface area contributed by atoms with Gasteiger partial charge in [0, 0.05) is 17.8 Å². The van der Waals surface area contributed by atoms with E-state index >= 15 is 0 Å². The number of nitrogens with one attached hydrogen (secondary N) is 2. The average molecular weight is 375 g/mol. The first-order chi connectivity index (χ1) is 12.2. The predicted octanol–water partition coefficient (Wildman–Crippen LogP) is 3.94. The van der Waals surface area contributed by atoms with E-state index in [0.717, 1.165) is 35.2 Å². The van der Waals surface area contributed by atoms with Gasteiger partial charge in [0.15, 0.2) is 0 Å². The van der Waals surface area contributed by atoms with E-state index in [1.165, 1.54) is 12.1 Å². The lowest BCUT2D eigenvalue weighted by Crippen LogP contribution is -2.25. The van der Waals surface area contributed by atoms with Gasteiger partial charge in [-0.2, -0.15) is 0 Å². The van der Waals surface area contributed by atoms with E-state index in [4.69, 9.17) is 0 Å². The van der Waals surface area contributed by atoms with Crippen molar-refractivity contribution in [2.75, 3.05) is 11.9 Å². The third kappa shape index (κ3) is 4.93. The number of aryl methyl sites for hydroxylation is 3. The van der Waals surface area contributed by atoms with Crippen LogP contribution in [0.5, 0.6) is 0 Å². The molecule has 0 aliphatic carbocycles. The predicted molar refractivity (Wildman–Crippen MR) is 105 cm³/mol. The summed E-state index contributed by atoms with van der Waals surface area (Å²) >= 11 is 0. The van der Waals surface area contributed by atoms with Crippen LogP contribution >= 0.6 is 0 Å². The van der Waals surface area contributed by atoms with Gasteiger partial charge < -0.3 is 5.32 Å². The molecule has 0 unspecified atom stereocenters. The average Bonchev–Trinajstić information content (AvgIpc) is 2.58. The van der Waals surface area contributed by atoms with Crippen LogP contribution in [-0.4, -0.2) is 20.9 Å². The minimum atomic E-state index is -3.61. The lowest BCUT2D eigenvalue weighted by molar-refractivity contribution is 0.102. The molecule has 0 atom stereocenters. The molecule has 1 amide bonds. The number of rotatable bonds is 7. The normalized spacial score (nSPS) is 11.4. The molecule has 0 heterocycles. The molecule has 140 valence electrons. The monoisotopic (exact) mass is 374 g/mol. The second kappa shape index (κ2) is 8.47. The third-order valence-electron chi connectivity index (χ3n) is 4.14. The Kier molecular flexibility index (Phi) is 6.56. The number of hydrogen-bond acceptors (Lipinski definition) is 3. The zero-order valence-corrected chi connectivity index (χ0v) is 16.5. The number of unbranched alkanes of at least 4 members (excludes halogenated alkanes) is 1. The Morgan fingerprint density at radius 3 is 2.31 bits per heavy atom. The van der Waals surface area contributed by atoms with Gasteiger partial charge in [-0.15, -0.1) is 0 Å². The van der Waals surface area contributed by atoms with Gasteiger partial charge >= 0.3 is 0 Å². The second-order valence-electron chi connectivity index (χ2n) is 6.51. The van der Waals surface area contributed by atoms with Gasteiger partial charge in [-0.3, -0.25) is 4.79 Å². The summed E-state index contributed by atoms with van der Waals surface area (Å²) in [7, 11) is -3.61. The molecule has 0 aliphatic rings. The van der Waals surface area contributed by atoms with E-state index in [1.54, 1.807) is 12.1 Å². The van der Waals surface area contributed by atoms with Crippen LogP contribution in [0.1, 0.15) is 46.8 Å². The van der Waals surface area contributed by atoms with Crippen LogP contribution in [-0.2, 0) is 10.0 Å². The van der Waals surface area contributed by atoms with Crippen LogP contribution in [0.4, 0.5) is 5.69 Å². The van der Waals surface area contributed by atoms with Crippen LogP contribution in [0.15, 0.2) is 41.3 Å². The fraction of sp³-hybridized carbons (Fsp3) is 0.350. The van der Waals surface area contributed by atoms with E-state index in [0.29, 0.717) is 12.1 Å². The van der Waals surface area contributed by atoms with Crippen molar-refractivity contribution in [2.24, 2.45) is 0 Å². The molecule has 0 saturated carbocycles. The second-order valence-corrected chi connectivity index (χ2v) is 8.27. The van der Waals surface area contributed by atoms with E-state index < -0.39 is 10.0 Å². The molecule has 5 nitrogen and oxygen atoms in total. The van der Waals surface area contributed by atoms with E-state index in [2.05, 4.69) is 10.0 Å². The highest BCUT2D eigenvalue weighted by molar-refractivity contribution is 7.89. The third-order valence-corrected chi connectivity index (χ3v) is 5.60. The largest absolute Gasteiger partial charge is 0.322 e. The highest BCUT2D eigenvalue weighted by Crippen LogP contribution is 2.23. The molecular formula is C20H26N2O3S. The lowest BCUT2D eigenvalue weighted by Gasteiger charge is -2.13. The standard InChI is InChI=1S/C20H26N2O3S/c1-5-6-10-21-26(24,25)18-9-7-8-17(13-18)20(23)22-19-15(3)11-14(2)12-16(19)4/h7-9,11-13,21H,5-6,10H2,1-4H3,(H,22,23). The van der Waals surface area contributed by atoms with Crippen molar-refractivity contribution in [2.45, 2.75) is 45.4 Å². The molecule has 0 radical (unpaired) electrons. The highest BCUT2D eigenvalue weighted by Gasteiger charge is 2.16. The van der Waals surface area contributed by atoms with Crippen molar-refractivity contribution in [1.82, 2.24) is 4.72 Å². The van der Waals surface area contributed by atoms with Crippen molar-refractivity contribution < 1.29 is 13.2 Å². The van der Waals surface area contributed by atoms with Gasteiger partial charge in [0.1, 0.15) is 0 Å². The zero-order chi connectivity index (χ0) is 19.3. The molecule has 26 heavy (non-hydrogen) atoms. The van der Waals surface area contributed by atoms with Crippen molar-refractivity contribution in [3.63, 3.8) is 0 Å². The molecule has 0 aromatic heterocycles. The summed E-state index contributed by atoms with van der Waals surface area (Å²) < 4.78 is 27.2. The van der Waals surface area contributed by atoms with Gasteiger partial charge in [-0.05, 0) is 56.5 Å². The van der Waals surface area contributed by atoms with Gasteiger partial charge in [-0.1, -0.05) is 37.1 Å². The highest BCUT2D eigenvalue weighted by atomic mass is 32.2. The number of hydrogen-bond donors (Lipinski definition) is 2. The quantitative estimate of drug-likeness (QED) is 0.721. The van der Waals surface area contributed by atoms with Crippen LogP contribution in [0, 0.1) is 20.8 Å². The molecule has 0 saturated heterocycles. The maximum atomic E-state index is 12.6. The molecule has 2 aromatic rings. The number of benzene rings is 2. The van der Waals surface area contributed by atoms with Crippen molar-refractivity contribution in [1.29, 1.82) is 0 Å². The summed E-state index contributed by atoms with van der Waals surface area (Å²) in [5.41, 5.74) is 4.14. The number of carbonyl (C=O) groups is 1. The van der Waals surface area contributed by atoms with Crippen LogP contribution in [0.25, 0.3) is 0 Å². The van der Waals surface area contributed by atoms with E-state index in [1.807, 2.05) is 39.8 Å². The Morgan fingerprint density at radius 2 is 1.69 bits per heavy atom. The van der Waals surface area contributed by atoms with Crippen LogP contribution < -0.4 is 10.0 Å². The number of carbonyl (C=O) groups excluding carboxylic acids is 1. The molecule has 6 heteroatoms. The molecular weight excluding hydrogens is 348 g/mol. The van der Waals surface area contributed by atoms with Gasteiger partial charge in [0.25, 0.3) is 5.91 Å². The lowest BCUT2D eigenvalue weighted by atomic mass is 10.0. The molecule has 2 aromatic carbocycles. The smallest absolute Gasteiger partial charge is 0.255 e.